The highest BCUT2D eigenvalue weighted by Gasteiger charge is 2.20. The Kier molecular flexibility index (Phi) is 5.40. The van der Waals surface area contributed by atoms with Crippen LogP contribution in [0.15, 0.2) is 0 Å². The molecule has 0 aromatic carbocycles. The second-order valence-corrected chi connectivity index (χ2v) is 4.10. The molecular formula is C11H22O2. The van der Waals surface area contributed by atoms with E-state index in [1.807, 2.05) is 0 Å². The van der Waals surface area contributed by atoms with Crippen LogP contribution < -0.4 is 0 Å². The molecule has 2 nitrogen and oxygen atoms in total. The predicted molar refractivity (Wildman–Crippen MR) is 53.7 cm³/mol. The van der Waals surface area contributed by atoms with E-state index < -0.39 is 0 Å². The lowest BCUT2D eigenvalue weighted by atomic mass is 9.92. The Bertz CT molecular complexity index is 125. The molecule has 0 aromatic rings. The van der Waals surface area contributed by atoms with Crippen LogP contribution in [0.2, 0.25) is 0 Å². The molecule has 13 heavy (non-hydrogen) atoms. The van der Waals surface area contributed by atoms with E-state index in [9.17, 15) is 5.11 Å². The molecule has 0 saturated heterocycles. The van der Waals surface area contributed by atoms with Gasteiger partial charge in [0, 0.05) is 13.7 Å². The smallest absolute Gasteiger partial charge is 0.0568 e. The Morgan fingerprint density at radius 2 is 2.00 bits per heavy atom. The second-order valence-electron chi connectivity index (χ2n) is 4.10. The van der Waals surface area contributed by atoms with Crippen molar-refractivity contribution >= 4 is 0 Å². The van der Waals surface area contributed by atoms with Crippen LogP contribution in [0.5, 0.6) is 0 Å². The van der Waals surface area contributed by atoms with Crippen LogP contribution in [-0.2, 0) is 4.74 Å². The topological polar surface area (TPSA) is 29.5 Å². The van der Waals surface area contributed by atoms with E-state index in [2.05, 4.69) is 0 Å². The third-order valence-corrected chi connectivity index (χ3v) is 3.04. The summed E-state index contributed by atoms with van der Waals surface area (Å²) in [5.74, 6) is 0.539. The van der Waals surface area contributed by atoms with Gasteiger partial charge in [0.2, 0.25) is 0 Å². The molecular weight excluding hydrogens is 164 g/mol. The zero-order chi connectivity index (χ0) is 9.52. The lowest BCUT2D eigenvalue weighted by Crippen LogP contribution is -2.19. The number of rotatable bonds is 4. The molecule has 0 spiro atoms. The third-order valence-electron chi connectivity index (χ3n) is 3.04. The minimum absolute atomic E-state index is 0.0423. The van der Waals surface area contributed by atoms with E-state index in [4.69, 9.17) is 4.74 Å². The monoisotopic (exact) mass is 186 g/mol. The average molecular weight is 186 g/mol. The van der Waals surface area contributed by atoms with E-state index in [0.717, 1.165) is 25.9 Å². The summed E-state index contributed by atoms with van der Waals surface area (Å²) in [5, 5.41) is 9.81. The fourth-order valence-electron chi connectivity index (χ4n) is 2.19. The van der Waals surface area contributed by atoms with Gasteiger partial charge in [-0.1, -0.05) is 19.3 Å². The maximum Gasteiger partial charge on any atom is 0.0568 e. The van der Waals surface area contributed by atoms with E-state index in [-0.39, 0.29) is 6.10 Å². The molecule has 0 bridgehead atoms. The van der Waals surface area contributed by atoms with Gasteiger partial charge in [0.15, 0.2) is 0 Å². The number of aliphatic hydroxyl groups is 1. The maximum absolute atomic E-state index is 9.81. The minimum Gasteiger partial charge on any atom is -0.393 e. The van der Waals surface area contributed by atoms with Crippen molar-refractivity contribution in [3.8, 4) is 0 Å². The van der Waals surface area contributed by atoms with Gasteiger partial charge in [-0.15, -0.1) is 0 Å². The molecule has 78 valence electrons. The molecule has 2 atom stereocenters. The summed E-state index contributed by atoms with van der Waals surface area (Å²) in [5.41, 5.74) is 0. The molecule has 0 heterocycles. The third kappa shape index (κ3) is 4.10. The quantitative estimate of drug-likeness (QED) is 0.539. The molecule has 1 fully saturated rings. The van der Waals surface area contributed by atoms with Gasteiger partial charge in [-0.05, 0) is 31.6 Å². The van der Waals surface area contributed by atoms with Crippen molar-refractivity contribution in [1.82, 2.24) is 0 Å². The summed E-state index contributed by atoms with van der Waals surface area (Å²) >= 11 is 0. The highest BCUT2D eigenvalue weighted by molar-refractivity contribution is 4.72. The van der Waals surface area contributed by atoms with Crippen molar-refractivity contribution in [3.05, 3.63) is 0 Å². The molecule has 0 amide bonds. The van der Waals surface area contributed by atoms with Crippen LogP contribution in [0.4, 0.5) is 0 Å². The van der Waals surface area contributed by atoms with Gasteiger partial charge in [0.25, 0.3) is 0 Å². The van der Waals surface area contributed by atoms with Crippen molar-refractivity contribution in [3.63, 3.8) is 0 Å². The molecule has 2 heteroatoms. The van der Waals surface area contributed by atoms with Crippen LogP contribution in [0.1, 0.15) is 44.9 Å². The van der Waals surface area contributed by atoms with E-state index >= 15 is 0 Å². The van der Waals surface area contributed by atoms with Gasteiger partial charge in [-0.2, -0.15) is 0 Å². The predicted octanol–water partition coefficient (Wildman–Crippen LogP) is 2.35. The first-order valence-corrected chi connectivity index (χ1v) is 5.51. The van der Waals surface area contributed by atoms with Crippen molar-refractivity contribution in [1.29, 1.82) is 0 Å². The van der Waals surface area contributed by atoms with Crippen molar-refractivity contribution in [2.75, 3.05) is 13.7 Å². The van der Waals surface area contributed by atoms with E-state index in [0.29, 0.717) is 5.92 Å². The fourth-order valence-corrected chi connectivity index (χ4v) is 2.19. The highest BCUT2D eigenvalue weighted by atomic mass is 16.5. The Balaban J connectivity index is 2.19. The van der Waals surface area contributed by atoms with Crippen molar-refractivity contribution in [2.24, 2.45) is 5.92 Å². The van der Waals surface area contributed by atoms with Gasteiger partial charge in [-0.3, -0.25) is 0 Å². The minimum atomic E-state index is -0.0423. The fraction of sp³-hybridized carbons (Fsp3) is 1.00. The van der Waals surface area contributed by atoms with Gasteiger partial charge in [0.1, 0.15) is 0 Å². The van der Waals surface area contributed by atoms with Crippen LogP contribution in [0, 0.1) is 5.92 Å². The van der Waals surface area contributed by atoms with Crippen LogP contribution in [0.25, 0.3) is 0 Å². The second kappa shape index (κ2) is 6.39. The highest BCUT2D eigenvalue weighted by Crippen LogP contribution is 2.26. The average Bonchev–Trinajstić information content (AvgIpc) is 2.32. The zero-order valence-corrected chi connectivity index (χ0v) is 8.67. The van der Waals surface area contributed by atoms with E-state index in [1.54, 1.807) is 7.11 Å². The Morgan fingerprint density at radius 3 is 2.77 bits per heavy atom. The molecule has 1 aliphatic rings. The Labute approximate surface area is 81.3 Å². The first kappa shape index (κ1) is 11.0. The maximum atomic E-state index is 9.81. The van der Waals surface area contributed by atoms with Gasteiger partial charge in [0.05, 0.1) is 6.10 Å². The number of aliphatic hydroxyl groups excluding tert-OH is 1. The number of hydrogen-bond acceptors (Lipinski definition) is 2. The molecule has 1 rings (SSSR count). The van der Waals surface area contributed by atoms with Crippen molar-refractivity contribution in [2.45, 2.75) is 51.0 Å². The normalized spacial score (nSPS) is 30.0. The summed E-state index contributed by atoms with van der Waals surface area (Å²) < 4.78 is 5.02. The summed E-state index contributed by atoms with van der Waals surface area (Å²) in [6.45, 7) is 0.837. The standard InChI is InChI=1S/C11H22O2/c1-13-9-5-7-10-6-3-2-4-8-11(10)12/h10-12H,2-9H2,1H3/t10-,11+/m0/s1. The van der Waals surface area contributed by atoms with Gasteiger partial charge < -0.3 is 9.84 Å². The summed E-state index contributed by atoms with van der Waals surface area (Å²) in [7, 11) is 1.74. The molecule has 1 aliphatic carbocycles. The van der Waals surface area contributed by atoms with Gasteiger partial charge in [-0.25, -0.2) is 0 Å². The first-order valence-electron chi connectivity index (χ1n) is 5.51. The van der Waals surface area contributed by atoms with Gasteiger partial charge >= 0.3 is 0 Å². The lowest BCUT2D eigenvalue weighted by molar-refractivity contribution is 0.0878. The van der Waals surface area contributed by atoms with E-state index in [1.165, 1.54) is 25.7 Å². The number of methoxy groups -OCH3 is 1. The van der Waals surface area contributed by atoms with Crippen LogP contribution >= 0.6 is 0 Å². The SMILES string of the molecule is COCCC[C@@H]1CCCCC[C@H]1O. The van der Waals surface area contributed by atoms with Crippen LogP contribution in [0.3, 0.4) is 0 Å². The van der Waals surface area contributed by atoms with Crippen LogP contribution in [-0.4, -0.2) is 24.9 Å². The molecule has 0 unspecified atom stereocenters. The molecule has 1 N–H and O–H groups in total. The molecule has 0 radical (unpaired) electrons. The molecule has 0 aromatic heterocycles. The van der Waals surface area contributed by atoms with Crippen molar-refractivity contribution < 1.29 is 9.84 Å². The first-order chi connectivity index (χ1) is 6.34. The summed E-state index contributed by atoms with van der Waals surface area (Å²) in [4.78, 5) is 0. The zero-order valence-electron chi connectivity index (χ0n) is 8.67. The summed E-state index contributed by atoms with van der Waals surface area (Å²) in [6, 6.07) is 0. The molecule has 1 saturated carbocycles. The number of ether oxygens (including phenoxy) is 1. The largest absolute Gasteiger partial charge is 0.393 e. The number of hydrogen-bond donors (Lipinski definition) is 1. The Hall–Kier alpha value is -0.0800. The lowest BCUT2D eigenvalue weighted by Gasteiger charge is -2.19. The summed E-state index contributed by atoms with van der Waals surface area (Å²) in [6.07, 6.45) is 8.23. The molecule has 0 aliphatic heterocycles. The Morgan fingerprint density at radius 1 is 1.23 bits per heavy atom.